The summed E-state index contributed by atoms with van der Waals surface area (Å²) in [5.41, 5.74) is -0.958. The first-order valence-corrected chi connectivity index (χ1v) is 4.20. The summed E-state index contributed by atoms with van der Waals surface area (Å²) in [5.74, 6) is -4.64. The molecule has 0 atom stereocenters. The van der Waals surface area contributed by atoms with Crippen molar-refractivity contribution in [2.75, 3.05) is 0 Å². The minimum Gasteiger partial charge on any atom is -0.288 e. The van der Waals surface area contributed by atoms with Crippen LogP contribution in [0.15, 0.2) is 16.6 Å². The molecule has 0 bridgehead atoms. The Hall–Kier alpha value is -0.910. The second-order valence-corrected chi connectivity index (χ2v) is 3.24. The predicted molar refractivity (Wildman–Crippen MR) is 44.4 cm³/mol. The molecule has 0 aliphatic rings. The lowest BCUT2D eigenvalue weighted by Gasteiger charge is -2.04. The molecule has 0 heterocycles. The van der Waals surface area contributed by atoms with Crippen molar-refractivity contribution in [1.29, 1.82) is 0 Å². The number of hydrogen-bond acceptors (Lipinski definition) is 1. The summed E-state index contributed by atoms with van der Waals surface area (Å²) in [5, 5.41) is 0. The summed E-state index contributed by atoms with van der Waals surface area (Å²) >= 11 is 2.69. The molecule has 1 aromatic carbocycles. The molecule has 0 spiro atoms. The molecule has 6 heteroatoms. The maximum absolute atomic E-state index is 12.9. The molecular formula is C8H3BrF4O. The second kappa shape index (κ2) is 4.08. The van der Waals surface area contributed by atoms with Gasteiger partial charge < -0.3 is 0 Å². The third-order valence-corrected chi connectivity index (χ3v) is 2.15. The van der Waals surface area contributed by atoms with Crippen molar-refractivity contribution in [2.45, 2.75) is 6.43 Å². The number of carbonyl (C=O) groups excluding carboxylic acids is 1. The summed E-state index contributed by atoms with van der Waals surface area (Å²) in [7, 11) is 0. The normalized spacial score (nSPS) is 10.7. The van der Waals surface area contributed by atoms with Crippen LogP contribution in [0.1, 0.15) is 10.4 Å². The van der Waals surface area contributed by atoms with Gasteiger partial charge in [-0.1, -0.05) is 0 Å². The minimum atomic E-state index is -3.36. The number of carbonyl (C=O) groups is 1. The molecule has 0 radical (unpaired) electrons. The summed E-state index contributed by atoms with van der Waals surface area (Å²) in [6, 6.07) is 1.73. The first kappa shape index (κ1) is 11.2. The number of benzene rings is 1. The topological polar surface area (TPSA) is 17.1 Å². The molecule has 0 unspecified atom stereocenters. The fraction of sp³-hybridized carbons (Fsp3) is 0.125. The second-order valence-electron chi connectivity index (χ2n) is 2.38. The van der Waals surface area contributed by atoms with Gasteiger partial charge in [-0.2, -0.15) is 0 Å². The van der Waals surface area contributed by atoms with Crippen LogP contribution in [0.5, 0.6) is 0 Å². The minimum absolute atomic E-state index is 0.193. The van der Waals surface area contributed by atoms with Gasteiger partial charge in [-0.3, -0.25) is 4.79 Å². The highest BCUT2D eigenvalue weighted by Gasteiger charge is 2.25. The third kappa shape index (κ3) is 1.95. The van der Waals surface area contributed by atoms with E-state index in [-0.39, 0.29) is 4.47 Å². The Morgan fingerprint density at radius 1 is 1.29 bits per heavy atom. The molecule has 1 rings (SSSR count). The Bertz CT molecular complexity index is 378. The average Bonchev–Trinajstić information content (AvgIpc) is 2.12. The quantitative estimate of drug-likeness (QED) is 0.458. The van der Waals surface area contributed by atoms with Crippen LogP contribution in [0, 0.1) is 11.6 Å². The molecule has 0 aliphatic heterocycles. The maximum Gasteiger partial charge on any atom is 0.300 e. The van der Waals surface area contributed by atoms with Crippen molar-refractivity contribution in [3.8, 4) is 0 Å². The monoisotopic (exact) mass is 270 g/mol. The molecule has 0 aromatic heterocycles. The molecular weight excluding hydrogens is 268 g/mol. The summed E-state index contributed by atoms with van der Waals surface area (Å²) in [6.07, 6.45) is -3.36. The number of alkyl halides is 2. The highest BCUT2D eigenvalue weighted by atomic mass is 79.9. The molecule has 0 fully saturated rings. The Balaban J connectivity index is 3.33. The fourth-order valence-corrected chi connectivity index (χ4v) is 1.36. The van der Waals surface area contributed by atoms with Crippen molar-refractivity contribution in [3.63, 3.8) is 0 Å². The standard InChI is InChI=1S/C8H3BrF4O/c9-3-1-2-4(10)6(11)5(3)7(14)8(12)13/h1-2,8H. The van der Waals surface area contributed by atoms with E-state index in [0.29, 0.717) is 0 Å². The Labute approximate surface area is 84.9 Å². The van der Waals surface area contributed by atoms with E-state index < -0.39 is 29.4 Å². The molecule has 0 N–H and O–H groups in total. The van der Waals surface area contributed by atoms with Crippen molar-refractivity contribution >= 4 is 21.7 Å². The Morgan fingerprint density at radius 2 is 1.86 bits per heavy atom. The number of ketones is 1. The zero-order valence-electron chi connectivity index (χ0n) is 6.53. The van der Waals surface area contributed by atoms with E-state index in [0.717, 1.165) is 12.1 Å². The smallest absolute Gasteiger partial charge is 0.288 e. The first-order valence-electron chi connectivity index (χ1n) is 3.41. The molecule has 0 saturated carbocycles. The van der Waals surface area contributed by atoms with Crippen molar-refractivity contribution < 1.29 is 22.4 Å². The van der Waals surface area contributed by atoms with Crippen LogP contribution in [0.25, 0.3) is 0 Å². The SMILES string of the molecule is O=C(c1c(Br)ccc(F)c1F)C(F)F. The van der Waals surface area contributed by atoms with Gasteiger partial charge in [0.25, 0.3) is 0 Å². The highest BCUT2D eigenvalue weighted by molar-refractivity contribution is 9.10. The van der Waals surface area contributed by atoms with Crippen LogP contribution in [-0.2, 0) is 0 Å². The molecule has 0 saturated heterocycles. The van der Waals surface area contributed by atoms with E-state index in [2.05, 4.69) is 15.9 Å². The Morgan fingerprint density at radius 3 is 2.36 bits per heavy atom. The van der Waals surface area contributed by atoms with E-state index in [1.165, 1.54) is 0 Å². The lowest BCUT2D eigenvalue weighted by Crippen LogP contribution is -2.14. The molecule has 1 aromatic rings. The molecule has 0 aliphatic carbocycles. The lowest BCUT2D eigenvalue weighted by molar-refractivity contribution is 0.0672. The molecule has 76 valence electrons. The van der Waals surface area contributed by atoms with Crippen molar-refractivity contribution in [3.05, 3.63) is 33.8 Å². The van der Waals surface area contributed by atoms with E-state index in [1.807, 2.05) is 0 Å². The van der Waals surface area contributed by atoms with Gasteiger partial charge in [-0.15, -0.1) is 0 Å². The molecule has 0 amide bonds. The number of hydrogen-bond donors (Lipinski definition) is 0. The third-order valence-electron chi connectivity index (χ3n) is 1.49. The van der Waals surface area contributed by atoms with Gasteiger partial charge in [0.1, 0.15) is 0 Å². The zero-order valence-corrected chi connectivity index (χ0v) is 8.12. The lowest BCUT2D eigenvalue weighted by atomic mass is 10.1. The van der Waals surface area contributed by atoms with Crippen LogP contribution in [0.3, 0.4) is 0 Å². The summed E-state index contributed by atoms with van der Waals surface area (Å²) in [6.45, 7) is 0. The van der Waals surface area contributed by atoms with Gasteiger partial charge in [0, 0.05) is 4.47 Å². The van der Waals surface area contributed by atoms with Crippen molar-refractivity contribution in [1.82, 2.24) is 0 Å². The van der Waals surface area contributed by atoms with Gasteiger partial charge in [0.2, 0.25) is 5.78 Å². The van der Waals surface area contributed by atoms with Crippen LogP contribution >= 0.6 is 15.9 Å². The van der Waals surface area contributed by atoms with Gasteiger partial charge in [-0.25, -0.2) is 17.6 Å². The van der Waals surface area contributed by atoms with E-state index >= 15 is 0 Å². The van der Waals surface area contributed by atoms with Gasteiger partial charge in [0.05, 0.1) is 5.56 Å². The average molecular weight is 271 g/mol. The van der Waals surface area contributed by atoms with Crippen LogP contribution in [0.4, 0.5) is 17.6 Å². The number of halogens is 5. The fourth-order valence-electron chi connectivity index (χ4n) is 0.862. The number of Topliss-reactive ketones (excluding diaryl/α,β-unsaturated/α-hetero) is 1. The predicted octanol–water partition coefficient (Wildman–Crippen LogP) is 3.18. The van der Waals surface area contributed by atoms with Crippen molar-refractivity contribution in [2.24, 2.45) is 0 Å². The van der Waals surface area contributed by atoms with Gasteiger partial charge in [-0.05, 0) is 28.1 Å². The van der Waals surface area contributed by atoms with E-state index in [9.17, 15) is 22.4 Å². The first-order chi connectivity index (χ1) is 6.45. The summed E-state index contributed by atoms with van der Waals surface area (Å²) in [4.78, 5) is 10.8. The Kier molecular flexibility index (Phi) is 3.25. The molecule has 14 heavy (non-hydrogen) atoms. The largest absolute Gasteiger partial charge is 0.300 e. The molecule has 1 nitrogen and oxygen atoms in total. The summed E-state index contributed by atoms with van der Waals surface area (Å²) < 4.78 is 49.2. The van der Waals surface area contributed by atoms with Crippen LogP contribution in [0.2, 0.25) is 0 Å². The van der Waals surface area contributed by atoms with Gasteiger partial charge >= 0.3 is 6.43 Å². The highest BCUT2D eigenvalue weighted by Crippen LogP contribution is 2.24. The van der Waals surface area contributed by atoms with E-state index in [4.69, 9.17) is 0 Å². The zero-order chi connectivity index (χ0) is 10.9. The number of rotatable bonds is 2. The van der Waals surface area contributed by atoms with Crippen LogP contribution < -0.4 is 0 Å². The van der Waals surface area contributed by atoms with E-state index in [1.54, 1.807) is 0 Å². The van der Waals surface area contributed by atoms with Gasteiger partial charge in [0.15, 0.2) is 11.6 Å². The maximum atomic E-state index is 12.9. The van der Waals surface area contributed by atoms with Crippen LogP contribution in [-0.4, -0.2) is 12.2 Å².